The van der Waals surface area contributed by atoms with Gasteiger partial charge >= 0.3 is 0 Å². The van der Waals surface area contributed by atoms with Gasteiger partial charge in [-0.15, -0.1) is 0 Å². The van der Waals surface area contributed by atoms with Crippen molar-refractivity contribution in [2.45, 2.75) is 13.5 Å². The second-order valence-electron chi connectivity index (χ2n) is 6.23. The normalized spacial score (nSPS) is 15.8. The predicted molar refractivity (Wildman–Crippen MR) is 106 cm³/mol. The first-order chi connectivity index (χ1) is 13.5. The third-order valence-corrected chi connectivity index (χ3v) is 4.91. The van der Waals surface area contributed by atoms with Gasteiger partial charge in [-0.1, -0.05) is 41.9 Å². The summed E-state index contributed by atoms with van der Waals surface area (Å²) < 4.78 is 5.14. The molecule has 0 aromatic heterocycles. The molecule has 0 aliphatic carbocycles. The van der Waals surface area contributed by atoms with E-state index in [2.05, 4.69) is 0 Å². The van der Waals surface area contributed by atoms with Crippen LogP contribution < -0.4 is 4.74 Å². The number of imide groups is 1. The summed E-state index contributed by atoms with van der Waals surface area (Å²) in [6.45, 7) is 1.60. The molecule has 2 aromatic carbocycles. The molecule has 6 heteroatoms. The number of carbonyl (C=O) groups is 2. The number of hydrogen-bond acceptors (Lipinski definition) is 4. The molecular weight excluding hydrogens is 376 g/mol. The zero-order valence-electron chi connectivity index (χ0n) is 15.4. The maximum absolute atomic E-state index is 13.1. The van der Waals surface area contributed by atoms with Crippen LogP contribution in [0.3, 0.4) is 0 Å². The van der Waals surface area contributed by atoms with E-state index >= 15 is 0 Å². The van der Waals surface area contributed by atoms with Crippen molar-refractivity contribution in [3.63, 3.8) is 0 Å². The van der Waals surface area contributed by atoms with Gasteiger partial charge in [0.15, 0.2) is 0 Å². The Bertz CT molecular complexity index is 1050. The fourth-order valence-corrected chi connectivity index (χ4v) is 3.13. The molecule has 2 amide bonds. The second kappa shape index (κ2) is 8.12. The molecule has 28 heavy (non-hydrogen) atoms. The number of methoxy groups -OCH3 is 1. The molecule has 0 saturated carbocycles. The number of nitrogens with zero attached hydrogens (tertiary/aromatic N) is 2. The molecule has 0 bridgehead atoms. The molecule has 1 aliphatic heterocycles. The maximum Gasteiger partial charge on any atom is 0.271 e. The molecule has 140 valence electrons. The molecule has 1 aliphatic rings. The topological polar surface area (TPSA) is 70.4 Å². The molecule has 3 rings (SSSR count). The van der Waals surface area contributed by atoms with Gasteiger partial charge < -0.3 is 4.74 Å². The van der Waals surface area contributed by atoms with E-state index in [9.17, 15) is 14.9 Å². The van der Waals surface area contributed by atoms with Crippen molar-refractivity contribution in [2.75, 3.05) is 7.11 Å². The van der Waals surface area contributed by atoms with Gasteiger partial charge in [0.2, 0.25) is 0 Å². The third-order valence-electron chi connectivity index (χ3n) is 4.54. The van der Waals surface area contributed by atoms with E-state index in [1.165, 1.54) is 0 Å². The second-order valence-corrected chi connectivity index (χ2v) is 6.64. The van der Waals surface area contributed by atoms with E-state index in [0.717, 1.165) is 10.5 Å². The highest BCUT2D eigenvalue weighted by Gasteiger charge is 2.35. The van der Waals surface area contributed by atoms with Crippen LogP contribution in [0.1, 0.15) is 18.1 Å². The summed E-state index contributed by atoms with van der Waals surface area (Å²) in [4.78, 5) is 26.8. The molecule has 0 fully saturated rings. The minimum atomic E-state index is -0.614. The lowest BCUT2D eigenvalue weighted by Crippen LogP contribution is -2.42. The Morgan fingerprint density at radius 2 is 1.79 bits per heavy atom. The highest BCUT2D eigenvalue weighted by molar-refractivity contribution is 6.31. The van der Waals surface area contributed by atoms with Crippen LogP contribution >= 0.6 is 11.6 Å². The van der Waals surface area contributed by atoms with Crippen LogP contribution in [-0.2, 0) is 16.1 Å². The molecular formula is C22H17ClN2O3. The smallest absolute Gasteiger partial charge is 0.271 e. The zero-order valence-corrected chi connectivity index (χ0v) is 16.2. The Morgan fingerprint density at radius 1 is 1.11 bits per heavy atom. The van der Waals surface area contributed by atoms with E-state index in [1.807, 2.05) is 6.07 Å². The monoisotopic (exact) mass is 392 g/mol. The van der Waals surface area contributed by atoms with Crippen molar-refractivity contribution in [1.82, 2.24) is 4.90 Å². The first kappa shape index (κ1) is 19.4. The molecule has 0 spiro atoms. The van der Waals surface area contributed by atoms with E-state index in [-0.39, 0.29) is 12.1 Å². The number of amides is 2. The molecule has 0 radical (unpaired) electrons. The van der Waals surface area contributed by atoms with Crippen molar-refractivity contribution < 1.29 is 14.3 Å². The van der Waals surface area contributed by atoms with Crippen LogP contribution in [0.5, 0.6) is 5.75 Å². The third kappa shape index (κ3) is 3.68. The molecule has 0 N–H and O–H groups in total. The van der Waals surface area contributed by atoms with Gasteiger partial charge in [0, 0.05) is 10.6 Å². The molecule has 2 aromatic rings. The molecule has 0 saturated heterocycles. The fourth-order valence-electron chi connectivity index (χ4n) is 2.94. The molecule has 5 nitrogen and oxygen atoms in total. The highest BCUT2D eigenvalue weighted by Crippen LogP contribution is 2.29. The summed E-state index contributed by atoms with van der Waals surface area (Å²) in [6.07, 6.45) is 1.67. The Hall–Kier alpha value is -3.36. The lowest BCUT2D eigenvalue weighted by molar-refractivity contribution is -0.141. The summed E-state index contributed by atoms with van der Waals surface area (Å²) in [7, 11) is 1.57. The van der Waals surface area contributed by atoms with Gasteiger partial charge in [0.05, 0.1) is 13.7 Å². The SMILES string of the molecule is COc1ccc(/C=C2/C(=O)N(Cc3ccccc3Cl)C(=O)C(C#N)=C2C)cc1. The summed E-state index contributed by atoms with van der Waals surface area (Å²) in [6, 6.07) is 16.1. The van der Waals surface area contributed by atoms with Crippen molar-refractivity contribution in [2.24, 2.45) is 0 Å². The number of nitriles is 1. The predicted octanol–water partition coefficient (Wildman–Crippen LogP) is 4.14. The van der Waals surface area contributed by atoms with Crippen molar-refractivity contribution >= 4 is 29.5 Å². The van der Waals surface area contributed by atoms with E-state index < -0.39 is 11.8 Å². The van der Waals surface area contributed by atoms with Gasteiger partial charge in [0.25, 0.3) is 11.8 Å². The highest BCUT2D eigenvalue weighted by atomic mass is 35.5. The van der Waals surface area contributed by atoms with Gasteiger partial charge in [-0.3, -0.25) is 14.5 Å². The first-order valence-corrected chi connectivity index (χ1v) is 8.90. The lowest BCUT2D eigenvalue weighted by Gasteiger charge is -2.27. The zero-order chi connectivity index (χ0) is 20.3. The summed E-state index contributed by atoms with van der Waals surface area (Å²) in [5.74, 6) is -0.383. The number of benzene rings is 2. The van der Waals surface area contributed by atoms with Crippen LogP contribution in [0.4, 0.5) is 0 Å². The number of ether oxygens (including phenoxy) is 1. The number of halogens is 1. The molecule has 1 heterocycles. The first-order valence-electron chi connectivity index (χ1n) is 8.53. The van der Waals surface area contributed by atoms with E-state index in [1.54, 1.807) is 68.6 Å². The summed E-state index contributed by atoms with van der Waals surface area (Å²) >= 11 is 6.18. The standard InChI is InChI=1S/C22H17ClN2O3/c1-14-18(11-15-7-9-17(28-2)10-8-15)21(26)25(22(27)19(14)12-24)13-16-5-3-4-6-20(16)23/h3-11H,13H2,1-2H3/b18-11+. The van der Waals surface area contributed by atoms with Gasteiger partial charge in [-0.2, -0.15) is 5.26 Å². The Kier molecular flexibility index (Phi) is 5.62. The summed E-state index contributed by atoms with van der Waals surface area (Å²) in [5, 5.41) is 9.92. The quantitative estimate of drug-likeness (QED) is 0.579. The molecule has 0 atom stereocenters. The van der Waals surface area contributed by atoms with Gasteiger partial charge in [-0.25, -0.2) is 0 Å². The average Bonchev–Trinajstić information content (AvgIpc) is 2.70. The van der Waals surface area contributed by atoms with Gasteiger partial charge in [-0.05, 0) is 47.9 Å². The van der Waals surface area contributed by atoms with Crippen LogP contribution in [-0.4, -0.2) is 23.8 Å². The van der Waals surface area contributed by atoms with Crippen LogP contribution in [0.25, 0.3) is 6.08 Å². The fraction of sp³-hybridized carbons (Fsp3) is 0.136. The number of rotatable bonds is 4. The van der Waals surface area contributed by atoms with Crippen LogP contribution in [0.15, 0.2) is 65.3 Å². The largest absolute Gasteiger partial charge is 0.497 e. The molecule has 0 unspecified atom stereocenters. The minimum absolute atomic E-state index is 0.00421. The number of hydrogen-bond donors (Lipinski definition) is 0. The maximum atomic E-state index is 13.1. The van der Waals surface area contributed by atoms with E-state index in [0.29, 0.717) is 27.5 Å². The average molecular weight is 393 g/mol. The number of carbonyl (C=O) groups excluding carboxylic acids is 2. The minimum Gasteiger partial charge on any atom is -0.497 e. The summed E-state index contributed by atoms with van der Waals surface area (Å²) in [5.41, 5.74) is 2.00. The Labute approximate surface area is 168 Å². The van der Waals surface area contributed by atoms with Crippen molar-refractivity contribution in [3.05, 3.63) is 81.4 Å². The Balaban J connectivity index is 2.04. The lowest BCUT2D eigenvalue weighted by atomic mass is 9.93. The van der Waals surface area contributed by atoms with Crippen LogP contribution in [0.2, 0.25) is 5.02 Å². The van der Waals surface area contributed by atoms with Crippen molar-refractivity contribution in [1.29, 1.82) is 5.26 Å². The van der Waals surface area contributed by atoms with Crippen LogP contribution in [0, 0.1) is 11.3 Å². The van der Waals surface area contributed by atoms with E-state index in [4.69, 9.17) is 16.3 Å². The Morgan fingerprint density at radius 3 is 2.39 bits per heavy atom. The van der Waals surface area contributed by atoms with Gasteiger partial charge in [0.1, 0.15) is 17.4 Å². The van der Waals surface area contributed by atoms with Crippen molar-refractivity contribution in [3.8, 4) is 11.8 Å².